The largest absolute Gasteiger partial charge is 0.464 e. The molecule has 3 heteroatoms. The Hall–Kier alpha value is -0.830. The molecule has 1 heterocycles. The second kappa shape index (κ2) is 9.40. The molecule has 0 spiro atoms. The van der Waals surface area contributed by atoms with Crippen LogP contribution in [0.5, 0.6) is 0 Å². The topological polar surface area (TPSA) is 38.3 Å². The maximum atomic E-state index is 11.2. The lowest BCUT2D eigenvalue weighted by Gasteiger charge is -2.05. The molecule has 3 nitrogen and oxygen atoms in total. The fourth-order valence-electron chi connectivity index (χ4n) is 1.72. The van der Waals surface area contributed by atoms with Crippen LogP contribution in [-0.4, -0.2) is 25.7 Å². The highest BCUT2D eigenvalue weighted by molar-refractivity contribution is 5.69. The number of cyclic esters (lactones) is 1. The van der Waals surface area contributed by atoms with Gasteiger partial charge in [-0.1, -0.05) is 18.6 Å². The number of carbonyl (C=O) groups excluding carboxylic acids is 1. The molecule has 0 saturated heterocycles. The van der Waals surface area contributed by atoms with E-state index >= 15 is 0 Å². The summed E-state index contributed by atoms with van der Waals surface area (Å²) in [7, 11) is 0. The molecule has 0 radical (unpaired) electrons. The first kappa shape index (κ1) is 13.2. The summed E-state index contributed by atoms with van der Waals surface area (Å²) in [6, 6.07) is 0. The lowest BCUT2D eigenvalue weighted by Crippen LogP contribution is -2.22. The van der Waals surface area contributed by atoms with Crippen LogP contribution < -0.4 is 5.32 Å². The SMILES string of the molecule is O=C1CCC/C=C\CCCCCNCCO1. The van der Waals surface area contributed by atoms with Crippen LogP contribution in [0.1, 0.15) is 44.9 Å². The Morgan fingerprint density at radius 2 is 1.81 bits per heavy atom. The standard InChI is InChI=1S/C13H23NO2/c15-13-9-7-5-3-1-2-4-6-8-10-14-11-12-16-13/h1,3,14H,2,4-12H2/b3-1-. The van der Waals surface area contributed by atoms with Crippen molar-refractivity contribution in [2.75, 3.05) is 19.7 Å². The lowest BCUT2D eigenvalue weighted by molar-refractivity contribution is -0.143. The minimum Gasteiger partial charge on any atom is -0.464 e. The van der Waals surface area contributed by atoms with Crippen molar-refractivity contribution in [3.63, 3.8) is 0 Å². The van der Waals surface area contributed by atoms with Crippen LogP contribution in [0, 0.1) is 0 Å². The monoisotopic (exact) mass is 225 g/mol. The van der Waals surface area contributed by atoms with Gasteiger partial charge in [0, 0.05) is 13.0 Å². The average molecular weight is 225 g/mol. The van der Waals surface area contributed by atoms with E-state index in [1.165, 1.54) is 25.7 Å². The molecule has 0 aromatic rings. The highest BCUT2D eigenvalue weighted by Gasteiger charge is 2.01. The Bertz CT molecular complexity index is 214. The smallest absolute Gasteiger partial charge is 0.305 e. The molecule has 0 saturated carbocycles. The quantitative estimate of drug-likeness (QED) is 0.508. The van der Waals surface area contributed by atoms with Gasteiger partial charge in [0.1, 0.15) is 6.61 Å². The first-order chi connectivity index (χ1) is 7.89. The first-order valence-electron chi connectivity index (χ1n) is 6.41. The number of rotatable bonds is 0. The fraction of sp³-hybridized carbons (Fsp3) is 0.769. The molecule has 0 bridgehead atoms. The Kier molecular flexibility index (Phi) is 7.78. The fourth-order valence-corrected chi connectivity index (χ4v) is 1.72. The number of esters is 1. The number of allylic oxidation sites excluding steroid dienone is 2. The minimum atomic E-state index is -0.0647. The van der Waals surface area contributed by atoms with Crippen LogP contribution in [0.4, 0.5) is 0 Å². The lowest BCUT2D eigenvalue weighted by atomic mass is 10.1. The van der Waals surface area contributed by atoms with E-state index in [0.29, 0.717) is 13.0 Å². The van der Waals surface area contributed by atoms with Crippen molar-refractivity contribution in [1.29, 1.82) is 0 Å². The second-order valence-electron chi connectivity index (χ2n) is 4.18. The van der Waals surface area contributed by atoms with Crippen LogP contribution >= 0.6 is 0 Å². The molecule has 1 aliphatic heterocycles. The van der Waals surface area contributed by atoms with Crippen molar-refractivity contribution in [3.8, 4) is 0 Å². The zero-order chi connectivity index (χ0) is 11.5. The van der Waals surface area contributed by atoms with E-state index in [0.717, 1.165) is 25.9 Å². The van der Waals surface area contributed by atoms with Crippen LogP contribution in [0.25, 0.3) is 0 Å². The zero-order valence-corrected chi connectivity index (χ0v) is 10.0. The predicted molar refractivity (Wildman–Crippen MR) is 65.3 cm³/mol. The van der Waals surface area contributed by atoms with Crippen molar-refractivity contribution in [2.24, 2.45) is 0 Å². The third-order valence-electron chi connectivity index (χ3n) is 2.68. The summed E-state index contributed by atoms with van der Waals surface area (Å²) in [6.07, 6.45) is 11.8. The molecule has 0 fully saturated rings. The van der Waals surface area contributed by atoms with E-state index in [-0.39, 0.29) is 5.97 Å². The summed E-state index contributed by atoms with van der Waals surface area (Å²) in [5, 5.41) is 3.28. The summed E-state index contributed by atoms with van der Waals surface area (Å²) in [6.45, 7) is 2.32. The van der Waals surface area contributed by atoms with Gasteiger partial charge in [-0.3, -0.25) is 4.79 Å². The minimum absolute atomic E-state index is 0.0647. The van der Waals surface area contributed by atoms with Gasteiger partial charge in [0.2, 0.25) is 0 Å². The summed E-state index contributed by atoms with van der Waals surface area (Å²) in [4.78, 5) is 11.2. The van der Waals surface area contributed by atoms with E-state index in [4.69, 9.17) is 4.74 Å². The van der Waals surface area contributed by atoms with Crippen molar-refractivity contribution < 1.29 is 9.53 Å². The Morgan fingerprint density at radius 3 is 2.69 bits per heavy atom. The van der Waals surface area contributed by atoms with Crippen molar-refractivity contribution >= 4 is 5.97 Å². The van der Waals surface area contributed by atoms with Gasteiger partial charge in [0.25, 0.3) is 0 Å². The third-order valence-corrected chi connectivity index (χ3v) is 2.68. The van der Waals surface area contributed by atoms with Crippen LogP contribution in [-0.2, 0) is 9.53 Å². The van der Waals surface area contributed by atoms with Gasteiger partial charge in [0.05, 0.1) is 0 Å². The molecular weight excluding hydrogens is 202 g/mol. The zero-order valence-electron chi connectivity index (χ0n) is 10.0. The third kappa shape index (κ3) is 7.46. The average Bonchev–Trinajstić information content (AvgIpc) is 2.29. The predicted octanol–water partition coefficient (Wildman–Crippen LogP) is 2.42. The van der Waals surface area contributed by atoms with Crippen molar-refractivity contribution in [1.82, 2.24) is 5.32 Å². The van der Waals surface area contributed by atoms with Gasteiger partial charge in [0.15, 0.2) is 0 Å². The highest BCUT2D eigenvalue weighted by Crippen LogP contribution is 2.03. The van der Waals surface area contributed by atoms with Gasteiger partial charge < -0.3 is 10.1 Å². The number of carbonyl (C=O) groups is 1. The van der Waals surface area contributed by atoms with Crippen molar-refractivity contribution in [3.05, 3.63) is 12.2 Å². The van der Waals surface area contributed by atoms with Gasteiger partial charge in [-0.15, -0.1) is 0 Å². The molecule has 1 rings (SSSR count). The summed E-state index contributed by atoms with van der Waals surface area (Å²) < 4.78 is 5.09. The second-order valence-corrected chi connectivity index (χ2v) is 4.18. The van der Waals surface area contributed by atoms with E-state index in [2.05, 4.69) is 17.5 Å². The normalized spacial score (nSPS) is 23.9. The maximum Gasteiger partial charge on any atom is 0.305 e. The molecular formula is C13H23NO2. The maximum absolute atomic E-state index is 11.2. The van der Waals surface area contributed by atoms with Gasteiger partial charge in [-0.25, -0.2) is 0 Å². The highest BCUT2D eigenvalue weighted by atomic mass is 16.5. The molecule has 1 aliphatic rings. The van der Waals surface area contributed by atoms with Gasteiger partial charge in [-0.05, 0) is 38.6 Å². The van der Waals surface area contributed by atoms with Crippen LogP contribution in [0.2, 0.25) is 0 Å². The van der Waals surface area contributed by atoms with E-state index < -0.39 is 0 Å². The molecule has 92 valence electrons. The number of hydrogen-bond donors (Lipinski definition) is 1. The molecule has 0 amide bonds. The summed E-state index contributed by atoms with van der Waals surface area (Å²) in [5.74, 6) is -0.0647. The van der Waals surface area contributed by atoms with Crippen LogP contribution in [0.3, 0.4) is 0 Å². The molecule has 0 aliphatic carbocycles. The molecule has 0 unspecified atom stereocenters. The summed E-state index contributed by atoms with van der Waals surface area (Å²) in [5.41, 5.74) is 0. The van der Waals surface area contributed by atoms with Crippen molar-refractivity contribution in [2.45, 2.75) is 44.9 Å². The molecule has 1 N–H and O–H groups in total. The Morgan fingerprint density at radius 1 is 1.00 bits per heavy atom. The first-order valence-corrected chi connectivity index (χ1v) is 6.41. The van der Waals surface area contributed by atoms with E-state index in [1.807, 2.05) is 0 Å². The van der Waals surface area contributed by atoms with E-state index in [1.54, 1.807) is 0 Å². The van der Waals surface area contributed by atoms with Gasteiger partial charge in [-0.2, -0.15) is 0 Å². The number of nitrogens with one attached hydrogen (secondary N) is 1. The Balaban J connectivity index is 2.20. The molecule has 16 heavy (non-hydrogen) atoms. The van der Waals surface area contributed by atoms with E-state index in [9.17, 15) is 4.79 Å². The summed E-state index contributed by atoms with van der Waals surface area (Å²) >= 11 is 0. The number of hydrogen-bond acceptors (Lipinski definition) is 3. The number of ether oxygens (including phenoxy) is 1. The molecule has 0 aromatic heterocycles. The van der Waals surface area contributed by atoms with Gasteiger partial charge >= 0.3 is 5.97 Å². The molecule has 0 aromatic carbocycles. The molecule has 0 atom stereocenters. The Labute approximate surface area is 98.2 Å². The van der Waals surface area contributed by atoms with Crippen LogP contribution in [0.15, 0.2) is 12.2 Å².